The van der Waals surface area contributed by atoms with Gasteiger partial charge >= 0.3 is 5.97 Å². The monoisotopic (exact) mass is 326 g/mol. The van der Waals surface area contributed by atoms with Gasteiger partial charge in [-0.05, 0) is 17.7 Å². The molecule has 2 rings (SSSR count). The Morgan fingerprint density at radius 1 is 1.47 bits per heavy atom. The Balaban J connectivity index is 0.00000180. The van der Waals surface area contributed by atoms with Crippen molar-refractivity contribution in [2.75, 3.05) is 19.8 Å². The van der Waals surface area contributed by atoms with Gasteiger partial charge in [0.2, 0.25) is 0 Å². The Morgan fingerprint density at radius 3 is 2.74 bits per heavy atom. The highest BCUT2D eigenvalue weighted by Gasteiger charge is 2.22. The molecule has 1 N–H and O–H groups in total. The first-order chi connectivity index (χ1) is 8.65. The molecule has 0 aromatic carbocycles. The molecule has 1 fully saturated rings. The molecule has 0 radical (unpaired) electrons. The number of nitrogens with zero attached hydrogens (tertiary/aromatic N) is 1. The van der Waals surface area contributed by atoms with Crippen LogP contribution in [0.4, 0.5) is 0 Å². The lowest BCUT2D eigenvalue weighted by molar-refractivity contribution is -0.150. The number of hydrogen-bond acceptors (Lipinski definition) is 5. The summed E-state index contributed by atoms with van der Waals surface area (Å²) in [6.45, 7) is 1.70. The minimum absolute atomic E-state index is 0. The van der Waals surface area contributed by atoms with Crippen LogP contribution >= 0.6 is 35.6 Å². The number of carbonyl (C=O) groups is 1. The molecule has 8 heteroatoms. The molecule has 2 heterocycles. The maximum absolute atomic E-state index is 11.7. The van der Waals surface area contributed by atoms with Crippen LogP contribution in [-0.2, 0) is 20.9 Å². The summed E-state index contributed by atoms with van der Waals surface area (Å²) < 4.78 is 10.3. The first-order valence-electron chi connectivity index (χ1n) is 5.45. The van der Waals surface area contributed by atoms with Gasteiger partial charge in [0.15, 0.2) is 0 Å². The number of hydrogen-bond donors (Lipinski definition) is 1. The van der Waals surface area contributed by atoms with E-state index in [0.717, 1.165) is 0 Å². The molecule has 0 aliphatic carbocycles. The number of rotatable bonds is 3. The van der Waals surface area contributed by atoms with E-state index in [1.165, 1.54) is 0 Å². The number of aromatic nitrogens is 1. The van der Waals surface area contributed by atoms with Gasteiger partial charge < -0.3 is 14.8 Å². The lowest BCUT2D eigenvalue weighted by Crippen LogP contribution is -2.47. The molecule has 1 aliphatic rings. The zero-order chi connectivity index (χ0) is 13.0. The largest absolute Gasteiger partial charge is 0.460 e. The third-order valence-corrected chi connectivity index (χ3v) is 2.80. The minimum Gasteiger partial charge on any atom is -0.460 e. The number of morpholine rings is 1. The summed E-state index contributed by atoms with van der Waals surface area (Å²) in [5, 5.41) is 3.56. The molecule has 1 aromatic heterocycles. The van der Waals surface area contributed by atoms with Gasteiger partial charge in [0, 0.05) is 6.54 Å². The van der Waals surface area contributed by atoms with Crippen molar-refractivity contribution in [1.29, 1.82) is 0 Å². The number of esters is 1. The summed E-state index contributed by atoms with van der Waals surface area (Å²) >= 11 is 11.5. The summed E-state index contributed by atoms with van der Waals surface area (Å²) in [4.78, 5) is 15.5. The topological polar surface area (TPSA) is 60.5 Å². The first-order valence-corrected chi connectivity index (χ1v) is 6.20. The van der Waals surface area contributed by atoms with Crippen molar-refractivity contribution in [3.05, 3.63) is 28.0 Å². The highest BCUT2D eigenvalue weighted by molar-refractivity contribution is 6.32. The molecule has 0 bridgehead atoms. The molecular weight excluding hydrogens is 314 g/mol. The average Bonchev–Trinajstić information content (AvgIpc) is 2.36. The standard InChI is InChI=1S/C11H12Cl2N2O3.ClH/c12-9-3-7(4-10(13)15-9)5-18-11(16)8-6-17-2-1-14-8;/h3-4,8,14H,1-2,5-6H2;1H/t8-;/m0./s1. The number of halogens is 3. The van der Waals surface area contributed by atoms with Gasteiger partial charge in [-0.15, -0.1) is 12.4 Å². The number of ether oxygens (including phenoxy) is 2. The van der Waals surface area contributed by atoms with Crippen LogP contribution in [-0.4, -0.2) is 36.8 Å². The lowest BCUT2D eigenvalue weighted by atomic mass is 10.2. The van der Waals surface area contributed by atoms with Crippen molar-refractivity contribution in [3.8, 4) is 0 Å². The molecule has 1 saturated heterocycles. The van der Waals surface area contributed by atoms with Crippen LogP contribution in [0.5, 0.6) is 0 Å². The quantitative estimate of drug-likeness (QED) is 0.678. The van der Waals surface area contributed by atoms with Gasteiger partial charge in [0.05, 0.1) is 13.2 Å². The molecule has 1 aromatic rings. The van der Waals surface area contributed by atoms with Crippen molar-refractivity contribution in [2.45, 2.75) is 12.6 Å². The van der Waals surface area contributed by atoms with Gasteiger partial charge in [-0.25, -0.2) is 4.98 Å². The summed E-state index contributed by atoms with van der Waals surface area (Å²) in [5.41, 5.74) is 0.699. The van der Waals surface area contributed by atoms with E-state index in [-0.39, 0.29) is 35.3 Å². The second-order valence-electron chi connectivity index (χ2n) is 3.81. The molecule has 106 valence electrons. The molecule has 0 spiro atoms. The molecular formula is C11H13Cl3N2O3. The Hall–Kier alpha value is -0.590. The van der Waals surface area contributed by atoms with E-state index in [9.17, 15) is 4.79 Å². The fraction of sp³-hybridized carbons (Fsp3) is 0.455. The predicted molar refractivity (Wildman–Crippen MR) is 73.9 cm³/mol. The third kappa shape index (κ3) is 5.12. The van der Waals surface area contributed by atoms with Gasteiger partial charge in [0.25, 0.3) is 0 Å². The summed E-state index contributed by atoms with van der Waals surface area (Å²) in [6, 6.07) is 2.79. The van der Waals surface area contributed by atoms with E-state index in [4.69, 9.17) is 32.7 Å². The van der Waals surface area contributed by atoms with Gasteiger partial charge in [-0.3, -0.25) is 4.79 Å². The van der Waals surface area contributed by atoms with E-state index < -0.39 is 6.04 Å². The van der Waals surface area contributed by atoms with E-state index in [2.05, 4.69) is 10.3 Å². The predicted octanol–water partition coefficient (Wildman–Crippen LogP) is 1.84. The summed E-state index contributed by atoms with van der Waals surface area (Å²) in [6.07, 6.45) is 0. The maximum Gasteiger partial charge on any atom is 0.325 e. The zero-order valence-electron chi connectivity index (χ0n) is 9.90. The normalized spacial score (nSPS) is 18.5. The van der Waals surface area contributed by atoms with Crippen LogP contribution < -0.4 is 5.32 Å². The fourth-order valence-corrected chi connectivity index (χ4v) is 2.08. The molecule has 5 nitrogen and oxygen atoms in total. The first kappa shape index (κ1) is 16.5. The van der Waals surface area contributed by atoms with E-state index in [0.29, 0.717) is 25.3 Å². The van der Waals surface area contributed by atoms with Crippen LogP contribution in [0, 0.1) is 0 Å². The van der Waals surface area contributed by atoms with Crippen LogP contribution in [0.2, 0.25) is 10.3 Å². The number of carbonyl (C=O) groups excluding carboxylic acids is 1. The smallest absolute Gasteiger partial charge is 0.325 e. The molecule has 1 aliphatic heterocycles. The maximum atomic E-state index is 11.7. The Morgan fingerprint density at radius 2 is 2.16 bits per heavy atom. The van der Waals surface area contributed by atoms with Crippen molar-refractivity contribution in [1.82, 2.24) is 10.3 Å². The summed E-state index contributed by atoms with van der Waals surface area (Å²) in [7, 11) is 0. The van der Waals surface area contributed by atoms with Crippen molar-refractivity contribution in [3.63, 3.8) is 0 Å². The van der Waals surface area contributed by atoms with E-state index in [1.54, 1.807) is 12.1 Å². The van der Waals surface area contributed by atoms with Crippen LogP contribution in [0.25, 0.3) is 0 Å². The van der Waals surface area contributed by atoms with E-state index >= 15 is 0 Å². The van der Waals surface area contributed by atoms with Crippen LogP contribution in [0.1, 0.15) is 5.56 Å². The van der Waals surface area contributed by atoms with Gasteiger partial charge in [0.1, 0.15) is 23.0 Å². The molecule has 0 amide bonds. The average molecular weight is 328 g/mol. The Kier molecular flexibility index (Phi) is 6.82. The Labute approximate surface area is 127 Å². The van der Waals surface area contributed by atoms with Crippen molar-refractivity contribution < 1.29 is 14.3 Å². The molecule has 0 saturated carbocycles. The third-order valence-electron chi connectivity index (χ3n) is 2.41. The highest BCUT2D eigenvalue weighted by Crippen LogP contribution is 2.15. The Bertz CT molecular complexity index is 419. The second-order valence-corrected chi connectivity index (χ2v) is 4.58. The van der Waals surface area contributed by atoms with Gasteiger partial charge in [-0.2, -0.15) is 0 Å². The van der Waals surface area contributed by atoms with Crippen molar-refractivity contribution >= 4 is 41.6 Å². The minimum atomic E-state index is -0.411. The molecule has 1 atom stereocenters. The number of pyridine rings is 1. The highest BCUT2D eigenvalue weighted by atomic mass is 35.5. The zero-order valence-corrected chi connectivity index (χ0v) is 12.2. The van der Waals surface area contributed by atoms with Gasteiger partial charge in [-0.1, -0.05) is 23.2 Å². The number of nitrogens with one attached hydrogen (secondary N) is 1. The second kappa shape index (κ2) is 7.87. The lowest BCUT2D eigenvalue weighted by Gasteiger charge is -2.22. The molecule has 19 heavy (non-hydrogen) atoms. The SMILES string of the molecule is Cl.O=C(OCc1cc(Cl)nc(Cl)c1)[C@@H]1COCCN1. The van der Waals surface area contributed by atoms with Crippen molar-refractivity contribution in [2.24, 2.45) is 0 Å². The van der Waals surface area contributed by atoms with Crippen LogP contribution in [0.15, 0.2) is 12.1 Å². The van der Waals surface area contributed by atoms with Crippen LogP contribution in [0.3, 0.4) is 0 Å². The van der Waals surface area contributed by atoms with E-state index in [1.807, 2.05) is 0 Å². The molecule has 0 unspecified atom stereocenters. The summed E-state index contributed by atoms with van der Waals surface area (Å²) in [5.74, 6) is -0.348. The fourth-order valence-electron chi connectivity index (χ4n) is 1.57.